The minimum Gasteiger partial charge on any atom is -0.490 e. The molecule has 0 radical (unpaired) electrons. The van der Waals surface area contributed by atoms with Gasteiger partial charge in [-0.3, -0.25) is 9.52 Å². The summed E-state index contributed by atoms with van der Waals surface area (Å²) in [7, 11) is -0.706. The van der Waals surface area contributed by atoms with E-state index in [1.165, 1.54) is 33.0 Å². The maximum Gasteiger partial charge on any atom is 0.321 e. The lowest BCUT2D eigenvalue weighted by molar-refractivity contribution is -0.0115. The molecule has 1 aromatic heterocycles. The lowest BCUT2D eigenvalue weighted by Gasteiger charge is -2.35. The van der Waals surface area contributed by atoms with Crippen LogP contribution in [0.5, 0.6) is 17.2 Å². The second-order valence-electron chi connectivity index (χ2n) is 12.9. The molecule has 3 N–H and O–H groups in total. The summed E-state index contributed by atoms with van der Waals surface area (Å²) in [5.74, 6) is 0.723. The number of imidazole rings is 1. The zero-order chi connectivity index (χ0) is 36.0. The van der Waals surface area contributed by atoms with Gasteiger partial charge in [-0.15, -0.1) is 0 Å². The maximum absolute atomic E-state index is 14.4. The molecule has 2 aliphatic heterocycles. The highest BCUT2D eigenvalue weighted by molar-refractivity contribution is 7.92. The van der Waals surface area contributed by atoms with Gasteiger partial charge in [0.05, 0.1) is 36.7 Å². The first-order valence-corrected chi connectivity index (χ1v) is 18.1. The molecule has 0 saturated heterocycles. The van der Waals surface area contributed by atoms with Gasteiger partial charge in [0.2, 0.25) is 6.79 Å². The van der Waals surface area contributed by atoms with E-state index >= 15 is 0 Å². The SMILES string of the molecule is C[C@@H]1CN([C@@H](C)CO)C(=O)c2cc(NS(=O)(=O)c3cn(C)cn3)ccc2O[C@@H](C)CCCCO[C@H]1CN(C)C(=O)Nc1ccc2c(c1)OCO2. The van der Waals surface area contributed by atoms with E-state index in [0.717, 1.165) is 12.8 Å². The van der Waals surface area contributed by atoms with Crippen LogP contribution < -0.4 is 24.2 Å². The Hall–Kier alpha value is -4.54. The van der Waals surface area contributed by atoms with Crippen LogP contribution >= 0.6 is 0 Å². The van der Waals surface area contributed by atoms with Gasteiger partial charge in [0.1, 0.15) is 5.75 Å². The van der Waals surface area contributed by atoms with Crippen molar-refractivity contribution in [3.05, 3.63) is 54.5 Å². The van der Waals surface area contributed by atoms with Crippen LogP contribution in [0.25, 0.3) is 0 Å². The molecular formula is C34H46N6O9S. The van der Waals surface area contributed by atoms with Gasteiger partial charge in [-0.2, -0.15) is 8.42 Å². The molecule has 3 heterocycles. The quantitative estimate of drug-likeness (QED) is 0.311. The minimum atomic E-state index is -4.04. The molecule has 0 aliphatic carbocycles. The van der Waals surface area contributed by atoms with Gasteiger partial charge in [0, 0.05) is 63.3 Å². The average Bonchev–Trinajstić information content (AvgIpc) is 3.75. The molecule has 50 heavy (non-hydrogen) atoms. The number of carbonyl (C=O) groups excluding carboxylic acids is 2. The normalized spacial score (nSPS) is 20.6. The molecule has 0 bridgehead atoms. The molecule has 3 amide bonds. The predicted molar refractivity (Wildman–Crippen MR) is 185 cm³/mol. The van der Waals surface area contributed by atoms with E-state index in [2.05, 4.69) is 15.0 Å². The Morgan fingerprint density at radius 2 is 1.84 bits per heavy atom. The van der Waals surface area contributed by atoms with Crippen LogP contribution in [0, 0.1) is 5.92 Å². The maximum atomic E-state index is 14.4. The number of aliphatic hydroxyl groups excluding tert-OH is 1. The number of aliphatic hydroxyl groups is 1. The van der Waals surface area contributed by atoms with Gasteiger partial charge in [-0.1, -0.05) is 6.92 Å². The number of rotatable bonds is 8. The first-order valence-electron chi connectivity index (χ1n) is 16.6. The number of benzene rings is 2. The van der Waals surface area contributed by atoms with Crippen molar-refractivity contribution in [1.29, 1.82) is 0 Å². The average molecular weight is 715 g/mol. The Kier molecular flexibility index (Phi) is 11.8. The molecule has 16 heteroatoms. The van der Waals surface area contributed by atoms with Gasteiger partial charge in [-0.05, 0) is 63.4 Å². The van der Waals surface area contributed by atoms with Gasteiger partial charge >= 0.3 is 6.03 Å². The number of urea groups is 1. The number of aromatic nitrogens is 2. The molecule has 2 aromatic carbocycles. The van der Waals surface area contributed by atoms with Crippen LogP contribution in [0.4, 0.5) is 16.2 Å². The highest BCUT2D eigenvalue weighted by Crippen LogP contribution is 2.34. The number of ether oxygens (including phenoxy) is 4. The van der Waals surface area contributed by atoms with Crippen LogP contribution in [0.1, 0.15) is 50.4 Å². The number of aryl methyl sites for hydroxylation is 1. The number of fused-ring (bicyclic) bond motifs is 2. The highest BCUT2D eigenvalue weighted by atomic mass is 32.2. The summed E-state index contributed by atoms with van der Waals surface area (Å²) in [6.07, 6.45) is 4.26. The van der Waals surface area contributed by atoms with Crippen molar-refractivity contribution in [2.24, 2.45) is 13.0 Å². The fourth-order valence-corrected chi connectivity index (χ4v) is 6.76. The van der Waals surface area contributed by atoms with Crippen LogP contribution in [-0.4, -0.2) is 103 Å². The van der Waals surface area contributed by atoms with E-state index in [9.17, 15) is 23.1 Å². The van der Waals surface area contributed by atoms with Gasteiger partial charge in [-0.25, -0.2) is 9.78 Å². The molecule has 0 unspecified atom stereocenters. The third kappa shape index (κ3) is 8.97. The van der Waals surface area contributed by atoms with Crippen molar-refractivity contribution in [2.75, 3.05) is 50.2 Å². The van der Waals surface area contributed by atoms with Crippen molar-refractivity contribution in [3.8, 4) is 17.2 Å². The van der Waals surface area contributed by atoms with E-state index < -0.39 is 28.1 Å². The molecule has 15 nitrogen and oxygen atoms in total. The lowest BCUT2D eigenvalue weighted by Crippen LogP contribution is -2.48. The second kappa shape index (κ2) is 16.0. The van der Waals surface area contributed by atoms with Crippen molar-refractivity contribution >= 4 is 33.3 Å². The fraction of sp³-hybridized carbons (Fsp3) is 0.500. The predicted octanol–water partition coefficient (Wildman–Crippen LogP) is 3.91. The first-order chi connectivity index (χ1) is 23.8. The summed E-state index contributed by atoms with van der Waals surface area (Å²) in [5, 5.41) is 13.0. The molecule has 272 valence electrons. The van der Waals surface area contributed by atoms with Crippen molar-refractivity contribution < 1.29 is 42.1 Å². The Bertz CT molecular complexity index is 1770. The van der Waals surface area contributed by atoms with Crippen molar-refractivity contribution in [3.63, 3.8) is 0 Å². The number of sulfonamides is 1. The molecular weight excluding hydrogens is 668 g/mol. The number of likely N-dealkylation sites (N-methyl/N-ethyl adjacent to an activating group) is 1. The summed E-state index contributed by atoms with van der Waals surface area (Å²) in [6.45, 7) is 6.21. The molecule has 0 fully saturated rings. The molecule has 0 spiro atoms. The summed E-state index contributed by atoms with van der Waals surface area (Å²) in [4.78, 5) is 34.6. The Labute approximate surface area is 292 Å². The number of nitrogens with one attached hydrogen (secondary N) is 2. The highest BCUT2D eigenvalue weighted by Gasteiger charge is 2.31. The van der Waals surface area contributed by atoms with Crippen LogP contribution in [0.2, 0.25) is 0 Å². The number of anilines is 2. The van der Waals surface area contributed by atoms with Gasteiger partial charge < -0.3 is 43.7 Å². The Balaban J connectivity index is 1.38. The Morgan fingerprint density at radius 1 is 1.10 bits per heavy atom. The van der Waals surface area contributed by atoms with Crippen LogP contribution in [-0.2, 0) is 21.8 Å². The van der Waals surface area contributed by atoms with Gasteiger partial charge in [0.15, 0.2) is 16.5 Å². The number of nitrogens with zero attached hydrogens (tertiary/aromatic N) is 4. The van der Waals surface area contributed by atoms with Crippen molar-refractivity contribution in [2.45, 2.75) is 63.3 Å². The van der Waals surface area contributed by atoms with E-state index in [0.29, 0.717) is 36.0 Å². The fourth-order valence-electron chi connectivity index (χ4n) is 5.73. The summed E-state index contributed by atoms with van der Waals surface area (Å²) >= 11 is 0. The van der Waals surface area contributed by atoms with Crippen molar-refractivity contribution in [1.82, 2.24) is 19.4 Å². The van der Waals surface area contributed by atoms with Crippen LogP contribution in [0.15, 0.2) is 53.9 Å². The number of hydrogen-bond acceptors (Lipinski definition) is 10. The largest absolute Gasteiger partial charge is 0.490 e. The molecule has 3 aromatic rings. The zero-order valence-electron chi connectivity index (χ0n) is 29.0. The molecule has 5 rings (SSSR count). The Morgan fingerprint density at radius 3 is 2.58 bits per heavy atom. The molecule has 2 aliphatic rings. The summed E-state index contributed by atoms with van der Waals surface area (Å²) in [5.41, 5.74) is 0.845. The lowest BCUT2D eigenvalue weighted by atomic mass is 10.0. The third-order valence-electron chi connectivity index (χ3n) is 8.68. The topological polar surface area (TPSA) is 174 Å². The van der Waals surface area contributed by atoms with Crippen LogP contribution in [0.3, 0.4) is 0 Å². The second-order valence-corrected chi connectivity index (χ2v) is 14.5. The number of carbonyl (C=O) groups is 2. The van der Waals surface area contributed by atoms with E-state index in [1.54, 1.807) is 51.4 Å². The standard InChI is InChI=1S/C34H46N6O9S/c1-22-16-40(23(2)19-41)33(42)27-14-26(37-50(44,45)32-18-38(4)20-35-32)10-11-28(27)49-24(3)8-6-7-13-46-31(22)17-39(5)34(43)36-25-9-12-29-30(15-25)48-21-47-29/h9-12,14-15,18,20,22-24,31,37,41H,6-8,13,16-17,19,21H2,1-5H3,(H,36,43)/t22-,23+,24+,31+/m1/s1. The third-order valence-corrected chi connectivity index (χ3v) is 9.95. The molecule has 4 atom stereocenters. The number of hydrogen-bond donors (Lipinski definition) is 3. The van der Waals surface area contributed by atoms with E-state index in [1.807, 2.05) is 13.8 Å². The number of amides is 3. The van der Waals surface area contributed by atoms with Gasteiger partial charge in [0.25, 0.3) is 15.9 Å². The molecule has 0 saturated carbocycles. The summed E-state index contributed by atoms with van der Waals surface area (Å²) < 4.78 is 53.6. The smallest absolute Gasteiger partial charge is 0.321 e. The summed E-state index contributed by atoms with van der Waals surface area (Å²) in [6, 6.07) is 8.78. The van der Waals surface area contributed by atoms with E-state index in [-0.39, 0.29) is 60.8 Å². The zero-order valence-corrected chi connectivity index (χ0v) is 29.8. The van der Waals surface area contributed by atoms with E-state index in [4.69, 9.17) is 18.9 Å². The first kappa shape index (κ1) is 36.7. The monoisotopic (exact) mass is 714 g/mol. The minimum absolute atomic E-state index is 0.126.